The molecule has 6 nitrogen and oxygen atoms in total. The number of ether oxygens (including phenoxy) is 6. The van der Waals surface area contributed by atoms with Gasteiger partial charge in [-0.3, -0.25) is 0 Å². The number of benzene rings is 8. The fourth-order valence-corrected chi connectivity index (χ4v) is 15.8. The highest BCUT2D eigenvalue weighted by atomic mass is 31.1. The van der Waals surface area contributed by atoms with Crippen LogP contribution in [0.5, 0.6) is 23.0 Å². The largest absolute Gasteiger partial charge is 0.493 e. The van der Waals surface area contributed by atoms with Crippen molar-refractivity contribution in [1.82, 2.24) is 0 Å². The zero-order valence-electron chi connectivity index (χ0n) is 54.0. The van der Waals surface area contributed by atoms with E-state index in [2.05, 4.69) is 253 Å². The summed E-state index contributed by atoms with van der Waals surface area (Å²) < 4.78 is 41.0. The Morgan fingerprint density at radius 2 is 0.477 bits per heavy atom. The van der Waals surface area contributed by atoms with E-state index in [9.17, 15) is 0 Å². The van der Waals surface area contributed by atoms with Gasteiger partial charge >= 0.3 is 0 Å². The summed E-state index contributed by atoms with van der Waals surface area (Å²) in [5.74, 6) is 3.65. The third-order valence-corrected chi connectivity index (χ3v) is 21.4. The molecular formula is C78H94O6P2. The van der Waals surface area contributed by atoms with Gasteiger partial charge in [0.2, 0.25) is 0 Å². The van der Waals surface area contributed by atoms with Crippen molar-refractivity contribution in [3.8, 4) is 23.0 Å². The molecule has 1 aliphatic carbocycles. The molecule has 0 fully saturated rings. The van der Waals surface area contributed by atoms with Crippen molar-refractivity contribution in [2.45, 2.75) is 130 Å². The molecule has 0 unspecified atom stereocenters. The molecule has 0 N–H and O–H groups in total. The molecule has 0 amide bonds. The molecule has 8 bridgehead atoms. The smallest absolute Gasteiger partial charge is 0.126 e. The first-order chi connectivity index (χ1) is 41.1. The van der Waals surface area contributed by atoms with E-state index < -0.39 is 15.8 Å². The van der Waals surface area contributed by atoms with Crippen LogP contribution in [-0.2, 0) is 56.8 Å². The minimum Gasteiger partial charge on any atom is -0.493 e. The Hall–Kier alpha value is -6.26. The molecule has 0 saturated carbocycles. The van der Waals surface area contributed by atoms with Crippen molar-refractivity contribution < 1.29 is 28.4 Å². The average Bonchev–Trinajstić information content (AvgIpc) is 1.70. The Bertz CT molecular complexity index is 3090. The lowest BCUT2D eigenvalue weighted by Gasteiger charge is -2.29. The predicted octanol–water partition coefficient (Wildman–Crippen LogP) is 16.6. The van der Waals surface area contributed by atoms with Crippen LogP contribution in [0.2, 0.25) is 0 Å². The van der Waals surface area contributed by atoms with Gasteiger partial charge < -0.3 is 28.4 Å². The third-order valence-electron chi connectivity index (χ3n) is 16.4. The Balaban J connectivity index is 1.31. The number of hydrogen-bond donors (Lipinski definition) is 0. The normalized spacial score (nSPS) is 13.0. The Morgan fingerprint density at radius 3 is 0.663 bits per heavy atom. The standard InChI is InChI=1S/C78H94O6P2/c1-75(2,3)63-47-55-43-59-51-65(77(7,8)9)53-61(73(59)83-39-41-85(67-27-19-15-20-28-67)68-29-21-16-22-30-68)45-57-49-64(76(4,5)6)50-58(72(57)82-38-36-80-14)46-62-54-66(78(10,11)12)52-60(44-56(48-63)71(55)81-37-35-79-13)74(62)84-40-42-86(69-31-23-17-24-32-69)70-33-25-18-26-34-70/h15-34,47-54H,35-46H2,1-14H3. The molecule has 0 aromatic heterocycles. The number of hydrogen-bond acceptors (Lipinski definition) is 6. The lowest BCUT2D eigenvalue weighted by molar-refractivity contribution is 0.145. The van der Waals surface area contributed by atoms with Gasteiger partial charge in [-0.2, -0.15) is 0 Å². The molecule has 0 aliphatic heterocycles. The van der Waals surface area contributed by atoms with E-state index in [1.807, 2.05) is 0 Å². The van der Waals surface area contributed by atoms with Crippen LogP contribution in [0.25, 0.3) is 0 Å². The summed E-state index contributed by atoms with van der Waals surface area (Å²) in [6.45, 7) is 30.7. The summed E-state index contributed by atoms with van der Waals surface area (Å²) in [5.41, 5.74) is 13.3. The minimum absolute atomic E-state index is 0.183. The molecule has 9 rings (SSSR count). The maximum atomic E-state index is 7.56. The molecule has 0 radical (unpaired) electrons. The highest BCUT2D eigenvalue weighted by Gasteiger charge is 2.30. The van der Waals surface area contributed by atoms with Crippen LogP contribution in [0.3, 0.4) is 0 Å². The minimum atomic E-state index is -0.720. The summed E-state index contributed by atoms with van der Waals surface area (Å²) in [4.78, 5) is 0. The lowest BCUT2D eigenvalue weighted by atomic mass is 9.79. The Labute approximate surface area is 518 Å². The quantitative estimate of drug-likeness (QED) is 0.0560. The second-order valence-electron chi connectivity index (χ2n) is 27.2. The maximum Gasteiger partial charge on any atom is 0.126 e. The van der Waals surface area contributed by atoms with Crippen molar-refractivity contribution >= 4 is 37.1 Å². The molecule has 8 aromatic rings. The van der Waals surface area contributed by atoms with Crippen LogP contribution < -0.4 is 40.2 Å². The van der Waals surface area contributed by atoms with Crippen molar-refractivity contribution in [2.75, 3.05) is 66.2 Å². The van der Waals surface area contributed by atoms with Crippen molar-refractivity contribution in [3.05, 3.63) is 237 Å². The van der Waals surface area contributed by atoms with Gasteiger partial charge in [-0.15, -0.1) is 0 Å². The lowest BCUT2D eigenvalue weighted by Crippen LogP contribution is -2.20. The van der Waals surface area contributed by atoms with E-state index in [0.717, 1.165) is 79.8 Å². The van der Waals surface area contributed by atoms with E-state index in [4.69, 9.17) is 28.4 Å². The summed E-state index contributed by atoms with van der Waals surface area (Å²) in [5, 5.41) is 5.36. The van der Waals surface area contributed by atoms with Gasteiger partial charge in [-0.25, -0.2) is 0 Å². The van der Waals surface area contributed by atoms with Crippen LogP contribution in [0.1, 0.15) is 150 Å². The molecule has 86 heavy (non-hydrogen) atoms. The van der Waals surface area contributed by atoms with Crippen LogP contribution in [0, 0.1) is 0 Å². The fraction of sp³-hybridized carbons (Fsp3) is 0.385. The van der Waals surface area contributed by atoms with E-state index in [1.54, 1.807) is 14.2 Å². The number of methoxy groups -OCH3 is 2. The van der Waals surface area contributed by atoms with Crippen molar-refractivity contribution in [3.63, 3.8) is 0 Å². The van der Waals surface area contributed by atoms with Gasteiger partial charge in [0, 0.05) is 52.2 Å². The second-order valence-corrected chi connectivity index (χ2v) is 31.9. The topological polar surface area (TPSA) is 55.4 Å². The zero-order chi connectivity index (χ0) is 61.2. The van der Waals surface area contributed by atoms with E-state index in [1.165, 1.54) is 43.5 Å². The zero-order valence-corrected chi connectivity index (χ0v) is 55.8. The molecule has 8 aromatic carbocycles. The Morgan fingerprint density at radius 1 is 0.279 bits per heavy atom. The molecule has 0 heterocycles. The van der Waals surface area contributed by atoms with Crippen LogP contribution in [0.4, 0.5) is 0 Å². The third kappa shape index (κ3) is 16.3. The molecule has 1 aliphatic rings. The highest BCUT2D eigenvalue weighted by Crippen LogP contribution is 2.46. The van der Waals surface area contributed by atoms with Gasteiger partial charge in [0.1, 0.15) is 36.2 Å². The number of fused-ring (bicyclic) bond motifs is 8. The van der Waals surface area contributed by atoms with Crippen LogP contribution in [-0.4, -0.2) is 66.2 Å². The molecule has 0 spiro atoms. The molecule has 8 heteroatoms. The van der Waals surface area contributed by atoms with Gasteiger partial charge in [0.15, 0.2) is 0 Å². The Kier molecular flexibility index (Phi) is 21.1. The fourth-order valence-electron chi connectivity index (χ4n) is 11.5. The SMILES string of the molecule is COCCOc1c2cc(C(C)(C)C)cc1Cc1cc(C(C)(C)C)cc(c1OCCP(c1ccccc1)c1ccccc1)Cc1cc(C(C)(C)C)cc(c1OCCOC)Cc1cc(C(C)(C)C)cc(c1OCCP(c1ccccc1)c1ccccc1)C2. The van der Waals surface area contributed by atoms with E-state index in [-0.39, 0.29) is 21.7 Å². The number of rotatable bonds is 20. The van der Waals surface area contributed by atoms with Crippen LogP contribution in [0.15, 0.2) is 170 Å². The summed E-state index contributed by atoms with van der Waals surface area (Å²) in [7, 11) is 2.06. The summed E-state index contributed by atoms with van der Waals surface area (Å²) in [6.07, 6.45) is 4.05. The first kappa shape index (κ1) is 64.2. The first-order valence-corrected chi connectivity index (χ1v) is 34.0. The van der Waals surface area contributed by atoms with Crippen molar-refractivity contribution in [2.24, 2.45) is 0 Å². The molecule has 0 atom stereocenters. The average molecular weight is 1190 g/mol. The molecule has 0 saturated heterocycles. The monoisotopic (exact) mass is 1190 g/mol. The molecule has 452 valence electrons. The van der Waals surface area contributed by atoms with Crippen LogP contribution >= 0.6 is 15.8 Å². The van der Waals surface area contributed by atoms with Crippen molar-refractivity contribution in [1.29, 1.82) is 0 Å². The summed E-state index contributed by atoms with van der Waals surface area (Å²) in [6, 6.07) is 63.4. The van der Waals surface area contributed by atoms with Gasteiger partial charge in [-0.1, -0.05) is 253 Å². The predicted molar refractivity (Wildman–Crippen MR) is 365 cm³/mol. The molecular weight excluding hydrogens is 1090 g/mol. The van der Waals surface area contributed by atoms with Gasteiger partial charge in [0.25, 0.3) is 0 Å². The van der Waals surface area contributed by atoms with Gasteiger partial charge in [0.05, 0.1) is 26.4 Å². The summed E-state index contributed by atoms with van der Waals surface area (Å²) >= 11 is 0. The maximum absolute atomic E-state index is 7.56. The second kappa shape index (κ2) is 28.3. The highest BCUT2D eigenvalue weighted by molar-refractivity contribution is 7.73. The first-order valence-electron chi connectivity index (χ1n) is 31.0. The van der Waals surface area contributed by atoms with E-state index in [0.29, 0.717) is 65.3 Å². The van der Waals surface area contributed by atoms with Gasteiger partial charge in [-0.05, 0) is 125 Å². The van der Waals surface area contributed by atoms with E-state index >= 15 is 0 Å².